The van der Waals surface area contributed by atoms with E-state index in [0.717, 1.165) is 11.0 Å². The van der Waals surface area contributed by atoms with Crippen LogP contribution in [0.25, 0.3) is 65.4 Å². The van der Waals surface area contributed by atoms with E-state index in [0.29, 0.717) is 0 Å². The molecular weight excluding hydrogens is 535 g/mol. The zero-order valence-corrected chi connectivity index (χ0v) is 23.7. The normalized spacial score (nSPS) is 13.4. The highest BCUT2D eigenvalue weighted by Gasteiger charge is 2.44. The molecule has 11 rings (SSSR count). The monoisotopic (exact) mass is 558 g/mol. The summed E-state index contributed by atoms with van der Waals surface area (Å²) in [6, 6.07) is 49.0. The number of para-hydroxylation sites is 2. The van der Waals surface area contributed by atoms with Crippen LogP contribution in [0.4, 0.5) is 17.1 Å². The molecule has 2 aromatic heterocycles. The van der Waals surface area contributed by atoms with Crippen molar-refractivity contribution in [3.8, 4) is 11.1 Å². The molecule has 0 fully saturated rings. The van der Waals surface area contributed by atoms with Gasteiger partial charge >= 0.3 is 6.85 Å². The summed E-state index contributed by atoms with van der Waals surface area (Å²) in [5, 5.41) is 8.65. The van der Waals surface area contributed by atoms with Crippen molar-refractivity contribution < 1.29 is 4.42 Å². The molecule has 0 radical (unpaired) electrons. The first-order valence-corrected chi connectivity index (χ1v) is 15.2. The fourth-order valence-electron chi connectivity index (χ4n) is 8.30. The van der Waals surface area contributed by atoms with E-state index in [1.807, 2.05) is 6.26 Å². The highest BCUT2D eigenvalue weighted by molar-refractivity contribution is 6.90. The molecule has 2 aliphatic heterocycles. The summed E-state index contributed by atoms with van der Waals surface area (Å²) in [6.45, 7) is -0.0161. The second-order valence-electron chi connectivity index (χ2n) is 12.1. The average molecular weight is 558 g/mol. The van der Waals surface area contributed by atoms with Gasteiger partial charge in [0.1, 0.15) is 5.58 Å². The Hall–Kier alpha value is -5.74. The highest BCUT2D eigenvalue weighted by atomic mass is 16.3. The van der Waals surface area contributed by atoms with Gasteiger partial charge in [-0.1, -0.05) is 109 Å². The molecule has 0 saturated carbocycles. The Bertz CT molecular complexity index is 2690. The van der Waals surface area contributed by atoms with Crippen molar-refractivity contribution in [1.29, 1.82) is 0 Å². The van der Waals surface area contributed by atoms with Gasteiger partial charge in [-0.05, 0) is 46.0 Å². The van der Waals surface area contributed by atoms with Gasteiger partial charge in [0.25, 0.3) is 0 Å². The van der Waals surface area contributed by atoms with Crippen LogP contribution in [0.3, 0.4) is 0 Å². The summed E-state index contributed by atoms with van der Waals surface area (Å²) < 4.78 is 8.96. The minimum Gasteiger partial charge on any atom is -0.464 e. The zero-order chi connectivity index (χ0) is 28.5. The second-order valence-corrected chi connectivity index (χ2v) is 12.1. The lowest BCUT2D eigenvalue weighted by molar-refractivity contribution is 0.617. The van der Waals surface area contributed by atoms with Crippen molar-refractivity contribution >= 4 is 89.2 Å². The van der Waals surface area contributed by atoms with E-state index in [-0.39, 0.29) is 6.85 Å². The number of anilines is 3. The van der Waals surface area contributed by atoms with E-state index in [2.05, 4.69) is 143 Å². The molecule has 2 aliphatic rings. The number of fused-ring (bicyclic) bond motifs is 12. The zero-order valence-electron chi connectivity index (χ0n) is 23.7. The van der Waals surface area contributed by atoms with Crippen LogP contribution in [0, 0.1) is 0 Å². The Labute approximate surface area is 253 Å². The second kappa shape index (κ2) is 8.00. The predicted molar refractivity (Wildman–Crippen MR) is 185 cm³/mol. The largest absolute Gasteiger partial charge is 0.464 e. The first kappa shape index (κ1) is 22.8. The van der Waals surface area contributed by atoms with E-state index in [4.69, 9.17) is 4.42 Å². The van der Waals surface area contributed by atoms with Crippen LogP contribution in [0.1, 0.15) is 0 Å². The Morgan fingerprint density at radius 1 is 0.545 bits per heavy atom. The van der Waals surface area contributed by atoms with Crippen molar-refractivity contribution in [2.24, 2.45) is 0 Å². The lowest BCUT2D eigenvalue weighted by Crippen LogP contribution is -2.56. The van der Waals surface area contributed by atoms with Gasteiger partial charge in [-0.2, -0.15) is 0 Å². The third-order valence-electron chi connectivity index (χ3n) is 9.99. The fraction of sp³-hybridized carbons (Fsp3) is 0. The standard InChI is InChI=1S/C40H23BN2O/c1-3-12-27-24(9-1)11-7-18-33(27)42-35-23-26-21-22-44-40(26)36-31-16-8-15-30-29-14-5-6-17-34(29)43(38(30)31)41(37(35)36)32-20-19-25-10-2-4-13-28(25)39(32)42/h1-23H. The van der Waals surface area contributed by atoms with Gasteiger partial charge in [-0.25, -0.2) is 0 Å². The molecule has 4 heterocycles. The Kier molecular flexibility index (Phi) is 4.15. The molecule has 0 unspecified atom stereocenters. The lowest BCUT2D eigenvalue weighted by Gasteiger charge is -2.41. The SMILES string of the molecule is c1ccc2c(N3c4cc5ccoc5c5c4B(c4ccc6ccccc6c43)n3c4ccccc4c4cccc-5c43)cccc2c1. The molecule has 0 bridgehead atoms. The van der Waals surface area contributed by atoms with Crippen LogP contribution >= 0.6 is 0 Å². The summed E-state index contributed by atoms with van der Waals surface area (Å²) in [5.74, 6) is 0. The summed E-state index contributed by atoms with van der Waals surface area (Å²) in [4.78, 5) is 2.54. The molecule has 0 spiro atoms. The molecule has 7 aromatic carbocycles. The van der Waals surface area contributed by atoms with E-state index >= 15 is 0 Å². The molecule has 0 saturated heterocycles. The number of aromatic nitrogens is 1. The maximum absolute atomic E-state index is 6.35. The van der Waals surface area contributed by atoms with E-state index in [9.17, 15) is 0 Å². The number of hydrogen-bond donors (Lipinski definition) is 0. The first-order valence-electron chi connectivity index (χ1n) is 15.2. The Morgan fingerprint density at radius 2 is 1.27 bits per heavy atom. The molecule has 0 N–H and O–H groups in total. The first-order chi connectivity index (χ1) is 21.9. The van der Waals surface area contributed by atoms with Crippen LogP contribution in [0.15, 0.2) is 144 Å². The molecule has 0 aliphatic carbocycles. The van der Waals surface area contributed by atoms with Crippen molar-refractivity contribution in [3.05, 3.63) is 140 Å². The van der Waals surface area contributed by atoms with Crippen molar-refractivity contribution in [1.82, 2.24) is 4.48 Å². The summed E-state index contributed by atoms with van der Waals surface area (Å²) >= 11 is 0. The molecule has 9 aromatic rings. The molecule has 0 amide bonds. The number of hydrogen-bond acceptors (Lipinski definition) is 2. The molecular formula is C40H23BN2O. The molecule has 4 heteroatoms. The number of nitrogens with zero attached hydrogens (tertiary/aromatic N) is 2. The summed E-state index contributed by atoms with van der Waals surface area (Å²) in [6.07, 6.45) is 1.84. The molecule has 3 nitrogen and oxygen atoms in total. The van der Waals surface area contributed by atoms with Gasteiger partial charge in [0.2, 0.25) is 0 Å². The quantitative estimate of drug-likeness (QED) is 0.187. The van der Waals surface area contributed by atoms with E-state index in [1.165, 1.54) is 82.5 Å². The maximum atomic E-state index is 6.35. The number of rotatable bonds is 1. The fourth-order valence-corrected chi connectivity index (χ4v) is 8.30. The van der Waals surface area contributed by atoms with Gasteiger partial charge in [0.15, 0.2) is 0 Å². The third kappa shape index (κ3) is 2.66. The van der Waals surface area contributed by atoms with Gasteiger partial charge in [-0.3, -0.25) is 0 Å². The number of furan rings is 1. The van der Waals surface area contributed by atoms with Crippen LogP contribution < -0.4 is 15.8 Å². The van der Waals surface area contributed by atoms with Gasteiger partial charge < -0.3 is 13.8 Å². The Morgan fingerprint density at radius 3 is 2.18 bits per heavy atom. The van der Waals surface area contributed by atoms with Crippen LogP contribution in [0.5, 0.6) is 0 Å². The minimum atomic E-state index is -0.0161. The van der Waals surface area contributed by atoms with Gasteiger partial charge in [-0.15, -0.1) is 0 Å². The minimum absolute atomic E-state index is 0.0161. The molecule has 202 valence electrons. The number of benzene rings is 7. The van der Waals surface area contributed by atoms with Crippen LogP contribution in [-0.4, -0.2) is 11.3 Å². The average Bonchev–Trinajstić information content (AvgIpc) is 3.69. The maximum Gasteiger partial charge on any atom is 0.333 e. The van der Waals surface area contributed by atoms with Gasteiger partial charge in [0, 0.05) is 54.8 Å². The van der Waals surface area contributed by atoms with Crippen molar-refractivity contribution in [3.63, 3.8) is 0 Å². The van der Waals surface area contributed by atoms with Crippen LogP contribution in [0.2, 0.25) is 0 Å². The molecule has 0 atom stereocenters. The van der Waals surface area contributed by atoms with E-state index in [1.54, 1.807) is 0 Å². The third-order valence-corrected chi connectivity index (χ3v) is 9.99. The Balaban J connectivity index is 1.41. The highest BCUT2D eigenvalue weighted by Crippen LogP contribution is 2.49. The predicted octanol–water partition coefficient (Wildman–Crippen LogP) is 9.26. The smallest absolute Gasteiger partial charge is 0.333 e. The van der Waals surface area contributed by atoms with Gasteiger partial charge in [0.05, 0.1) is 17.6 Å². The van der Waals surface area contributed by atoms with E-state index < -0.39 is 0 Å². The lowest BCUT2D eigenvalue weighted by atomic mass is 9.44. The topological polar surface area (TPSA) is 21.3 Å². The summed E-state index contributed by atoms with van der Waals surface area (Å²) in [7, 11) is 0. The van der Waals surface area contributed by atoms with Crippen molar-refractivity contribution in [2.45, 2.75) is 0 Å². The molecule has 44 heavy (non-hydrogen) atoms. The summed E-state index contributed by atoms with van der Waals surface area (Å²) in [5.41, 5.74) is 12.2. The van der Waals surface area contributed by atoms with Crippen molar-refractivity contribution in [2.75, 3.05) is 4.90 Å². The van der Waals surface area contributed by atoms with Crippen LogP contribution in [-0.2, 0) is 0 Å².